The van der Waals surface area contributed by atoms with Crippen LogP contribution in [0.15, 0.2) is 35.8 Å². The van der Waals surface area contributed by atoms with Gasteiger partial charge in [-0.05, 0) is 24.6 Å². The van der Waals surface area contributed by atoms with Gasteiger partial charge in [0.15, 0.2) is 5.13 Å². The molecular weight excluding hydrogens is 362 g/mol. The summed E-state index contributed by atoms with van der Waals surface area (Å²) in [6, 6.07) is 7.05. The van der Waals surface area contributed by atoms with Crippen molar-refractivity contribution in [3.05, 3.63) is 41.4 Å². The van der Waals surface area contributed by atoms with Crippen LogP contribution in [0.3, 0.4) is 0 Å². The van der Waals surface area contributed by atoms with Crippen LogP contribution in [0.4, 0.5) is 10.8 Å². The largest absolute Gasteiger partial charge is 0.347 e. The Morgan fingerprint density at radius 2 is 2.07 bits per heavy atom. The summed E-state index contributed by atoms with van der Waals surface area (Å²) < 4.78 is 0. The fourth-order valence-electron chi connectivity index (χ4n) is 3.08. The molecule has 1 N–H and O–H groups in total. The number of hydrogen-bond acceptors (Lipinski definition) is 6. The zero-order valence-corrected chi connectivity index (χ0v) is 16.5. The Hall–Kier alpha value is -2.45. The van der Waals surface area contributed by atoms with Gasteiger partial charge in [-0.1, -0.05) is 6.07 Å². The van der Waals surface area contributed by atoms with Gasteiger partial charge in [-0.15, -0.1) is 11.3 Å². The molecule has 0 unspecified atom stereocenters. The second-order valence-electron chi connectivity index (χ2n) is 6.76. The minimum Gasteiger partial charge on any atom is -0.347 e. The molecule has 2 heterocycles. The standard InChI is InChI=1S/C19H25N5O2S/c1-22(2)18(26)15-5-3-6-16(13-15)21-17(25)14-23-8-4-9-24(11-10-23)19-20-7-12-27-19/h3,5-7,12-13H,4,8-11,14H2,1-2H3,(H,21,25). The molecule has 0 aliphatic carbocycles. The Morgan fingerprint density at radius 3 is 2.81 bits per heavy atom. The van der Waals surface area contributed by atoms with Crippen LogP contribution >= 0.6 is 11.3 Å². The average molecular weight is 388 g/mol. The minimum atomic E-state index is -0.0825. The van der Waals surface area contributed by atoms with Crippen molar-refractivity contribution in [1.29, 1.82) is 0 Å². The summed E-state index contributed by atoms with van der Waals surface area (Å²) in [5, 5.41) is 5.94. The molecule has 2 aromatic rings. The van der Waals surface area contributed by atoms with E-state index in [1.165, 1.54) is 4.90 Å². The monoisotopic (exact) mass is 387 g/mol. The van der Waals surface area contributed by atoms with E-state index in [0.717, 1.165) is 37.7 Å². The number of carbonyl (C=O) groups is 2. The summed E-state index contributed by atoms with van der Waals surface area (Å²) in [6.07, 6.45) is 2.82. The lowest BCUT2D eigenvalue weighted by Gasteiger charge is -2.21. The zero-order chi connectivity index (χ0) is 19.2. The maximum absolute atomic E-state index is 12.4. The van der Waals surface area contributed by atoms with Gasteiger partial charge in [-0.2, -0.15) is 0 Å². The molecular formula is C19H25N5O2S. The number of amides is 2. The van der Waals surface area contributed by atoms with Crippen molar-refractivity contribution < 1.29 is 9.59 Å². The van der Waals surface area contributed by atoms with E-state index in [0.29, 0.717) is 17.8 Å². The molecule has 1 aromatic heterocycles. The normalized spacial score (nSPS) is 15.3. The number of aromatic nitrogens is 1. The van der Waals surface area contributed by atoms with Gasteiger partial charge in [0.25, 0.3) is 5.91 Å². The van der Waals surface area contributed by atoms with Crippen molar-refractivity contribution in [3.63, 3.8) is 0 Å². The Labute approximate surface area is 163 Å². The van der Waals surface area contributed by atoms with Crippen LogP contribution in [0.2, 0.25) is 0 Å². The van der Waals surface area contributed by atoms with E-state index in [1.54, 1.807) is 49.7 Å². The van der Waals surface area contributed by atoms with Gasteiger partial charge in [0.05, 0.1) is 6.54 Å². The molecule has 8 heteroatoms. The summed E-state index contributed by atoms with van der Waals surface area (Å²) in [4.78, 5) is 34.8. The highest BCUT2D eigenvalue weighted by Gasteiger charge is 2.18. The first-order valence-electron chi connectivity index (χ1n) is 9.01. The van der Waals surface area contributed by atoms with Crippen molar-refractivity contribution in [1.82, 2.24) is 14.8 Å². The fraction of sp³-hybridized carbons (Fsp3) is 0.421. The van der Waals surface area contributed by atoms with Gasteiger partial charge in [0.1, 0.15) is 0 Å². The summed E-state index contributed by atoms with van der Waals surface area (Å²) in [7, 11) is 3.42. The van der Waals surface area contributed by atoms with E-state index >= 15 is 0 Å². The van der Waals surface area contributed by atoms with Crippen LogP contribution in [0, 0.1) is 0 Å². The summed E-state index contributed by atoms with van der Waals surface area (Å²) in [5.41, 5.74) is 1.21. The van der Waals surface area contributed by atoms with Gasteiger partial charge >= 0.3 is 0 Å². The lowest BCUT2D eigenvalue weighted by Crippen LogP contribution is -2.36. The molecule has 1 aliphatic heterocycles. The first-order chi connectivity index (χ1) is 13.0. The van der Waals surface area contributed by atoms with E-state index < -0.39 is 0 Å². The third-order valence-corrected chi connectivity index (χ3v) is 5.28. The SMILES string of the molecule is CN(C)C(=O)c1cccc(NC(=O)CN2CCCN(c3nccs3)CC2)c1. The van der Waals surface area contributed by atoms with Crippen LogP contribution in [0.1, 0.15) is 16.8 Å². The Balaban J connectivity index is 1.53. The number of anilines is 2. The number of nitrogens with zero attached hydrogens (tertiary/aromatic N) is 4. The van der Waals surface area contributed by atoms with Gasteiger partial charge in [0.2, 0.25) is 5.91 Å². The number of thiazole rings is 1. The molecule has 2 amide bonds. The third-order valence-electron chi connectivity index (χ3n) is 4.44. The molecule has 7 nitrogen and oxygen atoms in total. The highest BCUT2D eigenvalue weighted by molar-refractivity contribution is 7.13. The first kappa shape index (κ1) is 19.3. The summed E-state index contributed by atoms with van der Waals surface area (Å²) in [6.45, 7) is 3.88. The number of nitrogens with one attached hydrogen (secondary N) is 1. The van der Waals surface area contributed by atoms with E-state index in [9.17, 15) is 9.59 Å². The number of rotatable bonds is 5. The third kappa shape index (κ3) is 5.27. The molecule has 0 spiro atoms. The van der Waals surface area contributed by atoms with Crippen LogP contribution in [0.5, 0.6) is 0 Å². The second kappa shape index (κ2) is 8.96. The summed E-state index contributed by atoms with van der Waals surface area (Å²) >= 11 is 1.65. The molecule has 27 heavy (non-hydrogen) atoms. The Bertz CT molecular complexity index is 778. The lowest BCUT2D eigenvalue weighted by atomic mass is 10.2. The molecule has 144 valence electrons. The van der Waals surface area contributed by atoms with Crippen molar-refractivity contribution >= 4 is 34.0 Å². The van der Waals surface area contributed by atoms with Gasteiger partial charge in [-0.25, -0.2) is 4.98 Å². The molecule has 0 atom stereocenters. The fourth-order valence-corrected chi connectivity index (χ4v) is 3.78. The van der Waals surface area contributed by atoms with Gasteiger partial charge in [0, 0.05) is 63.1 Å². The van der Waals surface area contributed by atoms with Crippen molar-refractivity contribution in [2.75, 3.05) is 57.0 Å². The van der Waals surface area contributed by atoms with E-state index in [2.05, 4.69) is 20.1 Å². The number of benzene rings is 1. The molecule has 0 saturated carbocycles. The van der Waals surface area contributed by atoms with E-state index in [-0.39, 0.29) is 11.8 Å². The topological polar surface area (TPSA) is 68.8 Å². The zero-order valence-electron chi connectivity index (χ0n) is 15.7. The predicted molar refractivity (Wildman–Crippen MR) is 108 cm³/mol. The molecule has 1 aromatic carbocycles. The predicted octanol–water partition coefficient (Wildman–Crippen LogP) is 2.00. The Morgan fingerprint density at radius 1 is 1.22 bits per heavy atom. The van der Waals surface area contributed by atoms with Crippen LogP contribution in [-0.4, -0.2) is 73.4 Å². The molecule has 1 aliphatic rings. The Kier molecular flexibility index (Phi) is 6.41. The minimum absolute atomic E-state index is 0.0628. The first-order valence-corrected chi connectivity index (χ1v) is 9.89. The highest BCUT2D eigenvalue weighted by atomic mass is 32.1. The molecule has 1 fully saturated rings. The van der Waals surface area contributed by atoms with E-state index in [4.69, 9.17) is 0 Å². The quantitative estimate of drug-likeness (QED) is 0.850. The molecule has 1 saturated heterocycles. The second-order valence-corrected chi connectivity index (χ2v) is 7.63. The van der Waals surface area contributed by atoms with Gasteiger partial charge < -0.3 is 15.1 Å². The molecule has 0 radical (unpaired) electrons. The van der Waals surface area contributed by atoms with E-state index in [1.807, 2.05) is 11.6 Å². The average Bonchev–Trinajstić information content (AvgIpc) is 3.08. The maximum atomic E-state index is 12.4. The molecule has 3 rings (SSSR count). The van der Waals surface area contributed by atoms with Crippen LogP contribution < -0.4 is 10.2 Å². The smallest absolute Gasteiger partial charge is 0.253 e. The van der Waals surface area contributed by atoms with Gasteiger partial charge in [-0.3, -0.25) is 14.5 Å². The van der Waals surface area contributed by atoms with Crippen molar-refractivity contribution in [2.24, 2.45) is 0 Å². The lowest BCUT2D eigenvalue weighted by molar-refractivity contribution is -0.117. The highest BCUT2D eigenvalue weighted by Crippen LogP contribution is 2.19. The van der Waals surface area contributed by atoms with Crippen molar-refractivity contribution in [2.45, 2.75) is 6.42 Å². The van der Waals surface area contributed by atoms with Crippen molar-refractivity contribution in [3.8, 4) is 0 Å². The molecule has 0 bridgehead atoms. The maximum Gasteiger partial charge on any atom is 0.253 e. The van der Waals surface area contributed by atoms with Crippen LogP contribution in [-0.2, 0) is 4.79 Å². The number of carbonyl (C=O) groups excluding carboxylic acids is 2. The van der Waals surface area contributed by atoms with Crippen LogP contribution in [0.25, 0.3) is 0 Å². The summed E-state index contributed by atoms with van der Waals surface area (Å²) in [5.74, 6) is -0.145. The number of hydrogen-bond donors (Lipinski definition) is 1.